The van der Waals surface area contributed by atoms with Crippen LogP contribution in [0.15, 0.2) is 0 Å². The van der Waals surface area contributed by atoms with Crippen molar-refractivity contribution in [2.45, 2.75) is 25.0 Å². The molecule has 2 saturated heterocycles. The minimum absolute atomic E-state index is 0.121. The molecule has 17 heavy (non-hydrogen) atoms. The second-order valence-electron chi connectivity index (χ2n) is 5.49. The molecule has 0 radical (unpaired) electrons. The average Bonchev–Trinajstić information content (AvgIpc) is 2.87. The van der Waals surface area contributed by atoms with E-state index in [1.54, 1.807) is 0 Å². The number of β-amino-alcohol motifs (C(OH)–C–C–N with tert-alkyl or cyclic N) is 1. The van der Waals surface area contributed by atoms with Crippen LogP contribution in [0.1, 0.15) is 12.8 Å². The first-order chi connectivity index (χ1) is 8.06. The molecule has 0 saturated carbocycles. The van der Waals surface area contributed by atoms with E-state index in [9.17, 15) is 9.90 Å². The van der Waals surface area contributed by atoms with Crippen molar-refractivity contribution in [3.63, 3.8) is 0 Å². The summed E-state index contributed by atoms with van der Waals surface area (Å²) in [5.41, 5.74) is 0. The maximum absolute atomic E-state index is 12.1. The molecule has 0 aromatic carbocycles. The zero-order valence-corrected chi connectivity index (χ0v) is 10.7. The van der Waals surface area contributed by atoms with E-state index in [0.717, 1.165) is 19.6 Å². The summed E-state index contributed by atoms with van der Waals surface area (Å²) in [7, 11) is 3.99. The van der Waals surface area contributed by atoms with Crippen molar-refractivity contribution in [1.82, 2.24) is 15.1 Å². The standard InChI is InChI=1S/C12H23N3O2/c1-14-4-3-9(7-14)8-15(2)12(17)11-5-10(16)6-13-11/h9-11,13,16H,3-8H2,1-2H3. The Morgan fingerprint density at radius 1 is 1.59 bits per heavy atom. The molecule has 5 heteroatoms. The second-order valence-corrected chi connectivity index (χ2v) is 5.49. The van der Waals surface area contributed by atoms with Crippen molar-refractivity contribution < 1.29 is 9.90 Å². The topological polar surface area (TPSA) is 55.8 Å². The Morgan fingerprint density at radius 2 is 2.35 bits per heavy atom. The first kappa shape index (κ1) is 12.8. The molecule has 0 bridgehead atoms. The summed E-state index contributed by atoms with van der Waals surface area (Å²) in [4.78, 5) is 16.2. The van der Waals surface area contributed by atoms with Crippen LogP contribution in [0.25, 0.3) is 0 Å². The number of likely N-dealkylation sites (tertiary alicyclic amines) is 1. The van der Waals surface area contributed by atoms with E-state index in [2.05, 4.69) is 17.3 Å². The number of carbonyl (C=O) groups excluding carboxylic acids is 1. The number of nitrogens with one attached hydrogen (secondary N) is 1. The van der Waals surface area contributed by atoms with Crippen LogP contribution in [0.5, 0.6) is 0 Å². The lowest BCUT2D eigenvalue weighted by atomic mass is 10.1. The minimum atomic E-state index is -0.366. The SMILES string of the molecule is CN1CCC(CN(C)C(=O)C2CC(O)CN2)C1. The lowest BCUT2D eigenvalue weighted by Crippen LogP contribution is -2.43. The Kier molecular flexibility index (Phi) is 4.01. The molecule has 5 nitrogen and oxygen atoms in total. The molecule has 0 spiro atoms. The largest absolute Gasteiger partial charge is 0.392 e. The number of rotatable bonds is 3. The first-order valence-electron chi connectivity index (χ1n) is 6.41. The lowest BCUT2D eigenvalue weighted by molar-refractivity contribution is -0.132. The highest BCUT2D eigenvalue weighted by atomic mass is 16.3. The molecule has 98 valence electrons. The normalized spacial score (nSPS) is 34.2. The van der Waals surface area contributed by atoms with Crippen LogP contribution in [0.3, 0.4) is 0 Å². The minimum Gasteiger partial charge on any atom is -0.392 e. The third-order valence-corrected chi connectivity index (χ3v) is 3.80. The Hall–Kier alpha value is -0.650. The van der Waals surface area contributed by atoms with Gasteiger partial charge in [0.05, 0.1) is 12.1 Å². The van der Waals surface area contributed by atoms with Crippen LogP contribution in [-0.2, 0) is 4.79 Å². The van der Waals surface area contributed by atoms with Gasteiger partial charge in [0.1, 0.15) is 0 Å². The molecule has 0 aromatic heterocycles. The number of hydrogen-bond acceptors (Lipinski definition) is 4. The van der Waals surface area contributed by atoms with E-state index in [4.69, 9.17) is 0 Å². The Balaban J connectivity index is 1.79. The Bertz CT molecular complexity index is 285. The number of hydrogen-bond donors (Lipinski definition) is 2. The van der Waals surface area contributed by atoms with Crippen molar-refractivity contribution in [1.29, 1.82) is 0 Å². The first-order valence-corrected chi connectivity index (χ1v) is 6.41. The molecule has 2 aliphatic rings. The zero-order chi connectivity index (χ0) is 12.4. The van der Waals surface area contributed by atoms with Crippen LogP contribution in [0, 0.1) is 5.92 Å². The quantitative estimate of drug-likeness (QED) is 0.674. The molecular weight excluding hydrogens is 218 g/mol. The molecule has 2 aliphatic heterocycles. The second kappa shape index (κ2) is 5.33. The fraction of sp³-hybridized carbons (Fsp3) is 0.917. The number of likely N-dealkylation sites (N-methyl/N-ethyl adjacent to an activating group) is 1. The Labute approximate surface area is 103 Å². The van der Waals surface area contributed by atoms with E-state index >= 15 is 0 Å². The average molecular weight is 241 g/mol. The van der Waals surface area contributed by atoms with Crippen LogP contribution >= 0.6 is 0 Å². The summed E-state index contributed by atoms with van der Waals surface area (Å²) in [6, 6.07) is -0.186. The van der Waals surface area contributed by atoms with Crippen molar-refractivity contribution >= 4 is 5.91 Å². The third-order valence-electron chi connectivity index (χ3n) is 3.80. The van der Waals surface area contributed by atoms with Gasteiger partial charge in [-0.1, -0.05) is 0 Å². The number of nitrogens with zero attached hydrogens (tertiary/aromatic N) is 2. The van der Waals surface area contributed by atoms with Gasteiger partial charge in [-0.25, -0.2) is 0 Å². The van der Waals surface area contributed by atoms with E-state index in [-0.39, 0.29) is 18.1 Å². The molecule has 3 unspecified atom stereocenters. The van der Waals surface area contributed by atoms with Gasteiger partial charge in [-0.2, -0.15) is 0 Å². The maximum Gasteiger partial charge on any atom is 0.239 e. The summed E-state index contributed by atoms with van der Waals surface area (Å²) < 4.78 is 0. The Morgan fingerprint density at radius 3 is 2.88 bits per heavy atom. The van der Waals surface area contributed by atoms with Gasteiger partial charge in [-0.3, -0.25) is 4.79 Å². The molecule has 1 amide bonds. The van der Waals surface area contributed by atoms with Crippen LogP contribution in [-0.4, -0.2) is 73.2 Å². The molecule has 2 fully saturated rings. The highest BCUT2D eigenvalue weighted by molar-refractivity contribution is 5.82. The van der Waals surface area contributed by atoms with Gasteiger partial charge in [0.15, 0.2) is 0 Å². The predicted octanol–water partition coefficient (Wildman–Crippen LogP) is -0.881. The van der Waals surface area contributed by atoms with Gasteiger partial charge >= 0.3 is 0 Å². The number of carbonyl (C=O) groups is 1. The monoisotopic (exact) mass is 241 g/mol. The molecule has 2 N–H and O–H groups in total. The van der Waals surface area contributed by atoms with Gasteiger partial charge in [-0.05, 0) is 32.4 Å². The maximum atomic E-state index is 12.1. The van der Waals surface area contributed by atoms with Gasteiger partial charge in [-0.15, -0.1) is 0 Å². The number of amides is 1. The van der Waals surface area contributed by atoms with E-state index in [1.807, 2.05) is 11.9 Å². The fourth-order valence-corrected chi connectivity index (χ4v) is 2.82. The highest BCUT2D eigenvalue weighted by Crippen LogP contribution is 2.16. The lowest BCUT2D eigenvalue weighted by Gasteiger charge is -2.24. The number of aliphatic hydroxyl groups excluding tert-OH is 1. The van der Waals surface area contributed by atoms with Crippen LogP contribution in [0.2, 0.25) is 0 Å². The van der Waals surface area contributed by atoms with Crippen molar-refractivity contribution in [3.8, 4) is 0 Å². The van der Waals surface area contributed by atoms with Crippen molar-refractivity contribution in [2.75, 3.05) is 40.3 Å². The summed E-state index contributed by atoms with van der Waals surface area (Å²) in [5.74, 6) is 0.719. The van der Waals surface area contributed by atoms with Crippen LogP contribution in [0.4, 0.5) is 0 Å². The van der Waals surface area contributed by atoms with Gasteiger partial charge < -0.3 is 20.2 Å². The fourth-order valence-electron chi connectivity index (χ4n) is 2.82. The summed E-state index contributed by atoms with van der Waals surface area (Å²) in [5, 5.41) is 12.5. The van der Waals surface area contributed by atoms with E-state index in [0.29, 0.717) is 18.9 Å². The smallest absolute Gasteiger partial charge is 0.239 e. The highest BCUT2D eigenvalue weighted by Gasteiger charge is 2.31. The third kappa shape index (κ3) is 3.18. The number of aliphatic hydroxyl groups is 1. The predicted molar refractivity (Wildman–Crippen MR) is 65.7 cm³/mol. The summed E-state index contributed by atoms with van der Waals surface area (Å²) in [6.07, 6.45) is 1.36. The van der Waals surface area contributed by atoms with Gasteiger partial charge in [0.25, 0.3) is 0 Å². The molecular formula is C12H23N3O2. The molecule has 0 aliphatic carbocycles. The van der Waals surface area contributed by atoms with Crippen LogP contribution < -0.4 is 5.32 Å². The summed E-state index contributed by atoms with van der Waals surface area (Å²) >= 11 is 0. The van der Waals surface area contributed by atoms with Gasteiger partial charge in [0.2, 0.25) is 5.91 Å². The van der Waals surface area contributed by atoms with Crippen molar-refractivity contribution in [2.24, 2.45) is 5.92 Å². The molecule has 3 atom stereocenters. The summed E-state index contributed by atoms with van der Waals surface area (Å²) in [6.45, 7) is 3.58. The van der Waals surface area contributed by atoms with E-state index < -0.39 is 0 Å². The zero-order valence-electron chi connectivity index (χ0n) is 10.7. The van der Waals surface area contributed by atoms with Gasteiger partial charge in [0, 0.05) is 26.7 Å². The molecule has 2 rings (SSSR count). The van der Waals surface area contributed by atoms with Crippen molar-refractivity contribution in [3.05, 3.63) is 0 Å². The molecule has 2 heterocycles. The molecule has 0 aromatic rings. The van der Waals surface area contributed by atoms with E-state index in [1.165, 1.54) is 6.42 Å².